The number of urea groups is 1. The van der Waals surface area contributed by atoms with Crippen LogP contribution in [0.2, 0.25) is 0 Å². The lowest BCUT2D eigenvalue weighted by Crippen LogP contribution is -2.47. The van der Waals surface area contributed by atoms with Crippen molar-refractivity contribution in [3.63, 3.8) is 0 Å². The van der Waals surface area contributed by atoms with Crippen molar-refractivity contribution in [3.8, 4) is 0 Å². The first kappa shape index (κ1) is 15.2. The Morgan fingerprint density at radius 3 is 2.71 bits per heavy atom. The molecule has 0 saturated carbocycles. The van der Waals surface area contributed by atoms with Crippen LogP contribution in [0.15, 0.2) is 18.2 Å². The van der Waals surface area contributed by atoms with E-state index in [0.717, 1.165) is 18.2 Å². The molecule has 2 amide bonds. The Balaban J connectivity index is 2.08. The number of carboxylic acid groups (broad SMARTS) is 1. The van der Waals surface area contributed by atoms with Crippen molar-refractivity contribution in [2.45, 2.75) is 13.3 Å². The number of benzene rings is 1. The number of carbonyl (C=O) groups excluding carboxylic acids is 1. The summed E-state index contributed by atoms with van der Waals surface area (Å²) in [6.07, 6.45) is 0.493. The van der Waals surface area contributed by atoms with Crippen molar-refractivity contribution in [1.29, 1.82) is 0 Å². The summed E-state index contributed by atoms with van der Waals surface area (Å²) in [5.74, 6) is -2.98. The largest absolute Gasteiger partial charge is 0.481 e. The van der Waals surface area contributed by atoms with Crippen molar-refractivity contribution in [2.75, 3.05) is 18.4 Å². The summed E-state index contributed by atoms with van der Waals surface area (Å²) in [5, 5.41) is 11.3. The van der Waals surface area contributed by atoms with Gasteiger partial charge >= 0.3 is 12.0 Å². The highest BCUT2D eigenvalue weighted by Crippen LogP contribution is 2.23. The Morgan fingerprint density at radius 2 is 2.05 bits per heavy atom. The molecule has 1 aliphatic heterocycles. The van der Waals surface area contributed by atoms with Gasteiger partial charge in [-0.2, -0.15) is 0 Å². The minimum atomic E-state index is -0.962. The van der Waals surface area contributed by atoms with Crippen molar-refractivity contribution >= 4 is 17.7 Å². The Bertz CT molecular complexity index is 565. The van der Waals surface area contributed by atoms with Crippen molar-refractivity contribution < 1.29 is 23.5 Å². The Kier molecular flexibility index (Phi) is 4.40. The lowest BCUT2D eigenvalue weighted by Gasteiger charge is -2.34. The molecule has 21 heavy (non-hydrogen) atoms. The van der Waals surface area contributed by atoms with Crippen LogP contribution in [-0.2, 0) is 4.79 Å². The number of carbonyl (C=O) groups is 2. The third-order valence-corrected chi connectivity index (χ3v) is 3.47. The summed E-state index contributed by atoms with van der Waals surface area (Å²) in [4.78, 5) is 24.5. The molecule has 114 valence electrons. The van der Waals surface area contributed by atoms with Gasteiger partial charge in [0.2, 0.25) is 0 Å². The number of likely N-dealkylation sites (tertiary alicyclic amines) is 1. The Labute approximate surface area is 120 Å². The molecular weight excluding hydrogens is 282 g/mol. The second-order valence-electron chi connectivity index (χ2n) is 5.34. The minimum absolute atomic E-state index is 0.0305. The van der Waals surface area contributed by atoms with E-state index in [0.29, 0.717) is 13.0 Å². The highest BCUT2D eigenvalue weighted by molar-refractivity contribution is 5.90. The van der Waals surface area contributed by atoms with Crippen LogP contribution in [0.1, 0.15) is 13.3 Å². The number of piperidine rings is 1. The van der Waals surface area contributed by atoms with Gasteiger partial charge in [0, 0.05) is 19.2 Å². The number of hydrogen-bond donors (Lipinski definition) is 2. The summed E-state index contributed by atoms with van der Waals surface area (Å²) in [6, 6.07) is 2.13. The van der Waals surface area contributed by atoms with E-state index in [-0.39, 0.29) is 18.2 Å². The Morgan fingerprint density at radius 1 is 1.33 bits per heavy atom. The topological polar surface area (TPSA) is 69.6 Å². The van der Waals surface area contributed by atoms with Crippen LogP contribution in [0.3, 0.4) is 0 Å². The number of carboxylic acids is 1. The highest BCUT2D eigenvalue weighted by Gasteiger charge is 2.32. The normalized spacial score (nSPS) is 22.0. The van der Waals surface area contributed by atoms with E-state index >= 15 is 0 Å². The molecule has 2 atom stereocenters. The highest BCUT2D eigenvalue weighted by atomic mass is 19.1. The zero-order valence-electron chi connectivity index (χ0n) is 11.5. The van der Waals surface area contributed by atoms with Crippen molar-refractivity contribution in [1.82, 2.24) is 4.90 Å². The fraction of sp³-hybridized carbons (Fsp3) is 0.429. The Hall–Kier alpha value is -2.18. The second kappa shape index (κ2) is 6.07. The molecule has 7 heteroatoms. The molecule has 5 nitrogen and oxygen atoms in total. The smallest absolute Gasteiger partial charge is 0.321 e. The molecule has 1 saturated heterocycles. The summed E-state index contributed by atoms with van der Waals surface area (Å²) in [7, 11) is 0. The lowest BCUT2D eigenvalue weighted by molar-refractivity contribution is -0.143. The molecule has 2 rings (SSSR count). The number of nitrogens with one attached hydrogen (secondary N) is 1. The van der Waals surface area contributed by atoms with E-state index in [4.69, 9.17) is 5.11 Å². The second-order valence-corrected chi connectivity index (χ2v) is 5.34. The molecule has 1 aromatic rings. The monoisotopic (exact) mass is 298 g/mol. The molecule has 1 aliphatic rings. The van der Waals surface area contributed by atoms with Gasteiger partial charge in [-0.15, -0.1) is 0 Å². The van der Waals surface area contributed by atoms with Gasteiger partial charge < -0.3 is 15.3 Å². The number of amides is 2. The van der Waals surface area contributed by atoms with E-state index in [1.54, 1.807) is 0 Å². The fourth-order valence-corrected chi connectivity index (χ4v) is 2.48. The maximum atomic E-state index is 13.5. The zero-order valence-corrected chi connectivity index (χ0v) is 11.5. The standard InChI is InChI=1S/C14H16F2N2O3/c1-8-4-9(13(19)20)7-18(6-8)14(21)17-12-5-10(15)2-3-11(12)16/h2-3,5,8-9H,4,6-7H2,1H3,(H,17,21)(H,19,20). The van der Waals surface area contributed by atoms with Gasteiger partial charge in [-0.1, -0.05) is 6.92 Å². The van der Waals surface area contributed by atoms with Gasteiger partial charge in [0.1, 0.15) is 11.6 Å². The van der Waals surface area contributed by atoms with Crippen molar-refractivity contribution in [2.24, 2.45) is 11.8 Å². The predicted molar refractivity (Wildman–Crippen MR) is 71.9 cm³/mol. The van der Waals surface area contributed by atoms with Gasteiger partial charge in [-0.3, -0.25) is 4.79 Å². The first-order chi connectivity index (χ1) is 9.86. The van der Waals surface area contributed by atoms with E-state index in [9.17, 15) is 18.4 Å². The molecule has 1 fully saturated rings. The van der Waals surface area contributed by atoms with Crippen LogP contribution >= 0.6 is 0 Å². The molecule has 0 aliphatic carbocycles. The average Bonchev–Trinajstić information content (AvgIpc) is 2.42. The molecular formula is C14H16F2N2O3. The number of nitrogens with zero attached hydrogens (tertiary/aromatic N) is 1. The first-order valence-electron chi connectivity index (χ1n) is 6.60. The average molecular weight is 298 g/mol. The number of rotatable bonds is 2. The van der Waals surface area contributed by atoms with Crippen LogP contribution in [0.5, 0.6) is 0 Å². The van der Waals surface area contributed by atoms with Crippen molar-refractivity contribution in [3.05, 3.63) is 29.8 Å². The van der Waals surface area contributed by atoms with Gasteiger partial charge in [0.15, 0.2) is 0 Å². The van der Waals surface area contributed by atoms with Crippen LogP contribution in [0.4, 0.5) is 19.3 Å². The maximum absolute atomic E-state index is 13.5. The number of hydrogen-bond acceptors (Lipinski definition) is 2. The predicted octanol–water partition coefficient (Wildman–Crippen LogP) is 2.54. The van der Waals surface area contributed by atoms with Crippen LogP contribution in [0.25, 0.3) is 0 Å². The molecule has 1 aromatic carbocycles. The van der Waals surface area contributed by atoms with Gasteiger partial charge in [-0.05, 0) is 24.5 Å². The number of anilines is 1. The zero-order chi connectivity index (χ0) is 15.6. The van der Waals surface area contributed by atoms with E-state index in [1.807, 2.05) is 6.92 Å². The van der Waals surface area contributed by atoms with Gasteiger partial charge in [0.05, 0.1) is 11.6 Å². The minimum Gasteiger partial charge on any atom is -0.481 e. The molecule has 0 spiro atoms. The fourth-order valence-electron chi connectivity index (χ4n) is 2.48. The summed E-state index contributed by atoms with van der Waals surface area (Å²) in [5.41, 5.74) is -0.259. The molecule has 2 unspecified atom stereocenters. The van der Waals surface area contributed by atoms with Gasteiger partial charge in [0.25, 0.3) is 0 Å². The molecule has 0 radical (unpaired) electrons. The summed E-state index contributed by atoms with van der Waals surface area (Å²) in [6.45, 7) is 2.28. The molecule has 0 aromatic heterocycles. The van der Waals surface area contributed by atoms with Gasteiger partial charge in [-0.25, -0.2) is 13.6 Å². The quantitative estimate of drug-likeness (QED) is 0.881. The molecule has 2 N–H and O–H groups in total. The third kappa shape index (κ3) is 3.68. The van der Waals surface area contributed by atoms with Crippen LogP contribution in [0, 0.1) is 23.5 Å². The van der Waals surface area contributed by atoms with E-state index in [1.165, 1.54) is 4.90 Å². The number of aliphatic carboxylic acids is 1. The molecule has 0 bridgehead atoms. The van der Waals surface area contributed by atoms with Crippen LogP contribution in [-0.4, -0.2) is 35.1 Å². The van der Waals surface area contributed by atoms with Crippen LogP contribution < -0.4 is 5.32 Å². The van der Waals surface area contributed by atoms with E-state index in [2.05, 4.69) is 5.32 Å². The third-order valence-electron chi connectivity index (χ3n) is 3.47. The van der Waals surface area contributed by atoms with E-state index < -0.39 is 29.6 Å². The summed E-state index contributed by atoms with van der Waals surface area (Å²) >= 11 is 0. The molecule has 1 heterocycles. The number of halogens is 2. The SMILES string of the molecule is CC1CC(C(=O)O)CN(C(=O)Nc2cc(F)ccc2F)C1. The maximum Gasteiger partial charge on any atom is 0.321 e. The first-order valence-corrected chi connectivity index (χ1v) is 6.60. The lowest BCUT2D eigenvalue weighted by atomic mass is 9.91. The summed E-state index contributed by atoms with van der Waals surface area (Å²) < 4.78 is 26.5.